The van der Waals surface area contributed by atoms with E-state index in [1.807, 2.05) is 24.3 Å². The molecule has 34 heavy (non-hydrogen) atoms. The molecule has 12 nitrogen and oxygen atoms in total. The number of benzene rings is 2. The molecule has 0 unspecified atom stereocenters. The van der Waals surface area contributed by atoms with Crippen LogP contribution in [0, 0.1) is 20.2 Å². The van der Waals surface area contributed by atoms with Gasteiger partial charge >= 0.3 is 5.69 Å². The molecule has 0 atom stereocenters. The van der Waals surface area contributed by atoms with E-state index in [1.165, 1.54) is 0 Å². The molecule has 2 aliphatic heterocycles. The number of amides is 3. The van der Waals surface area contributed by atoms with Crippen LogP contribution in [0.2, 0.25) is 0 Å². The molecule has 1 N–H and O–H groups in total. The normalized spacial score (nSPS) is 16.6. The van der Waals surface area contributed by atoms with Crippen LogP contribution >= 0.6 is 11.8 Å². The monoisotopic (exact) mass is 484 g/mol. The van der Waals surface area contributed by atoms with Crippen LogP contribution in [0.5, 0.6) is 5.75 Å². The fourth-order valence-corrected chi connectivity index (χ4v) is 4.53. The summed E-state index contributed by atoms with van der Waals surface area (Å²) in [7, 11) is 0. The van der Waals surface area contributed by atoms with Crippen LogP contribution in [0.25, 0.3) is 6.08 Å². The lowest BCUT2D eigenvalue weighted by molar-refractivity contribution is -0.394. The Balaban J connectivity index is 1.55. The van der Waals surface area contributed by atoms with E-state index in [2.05, 4.69) is 0 Å². The third-order valence-electron chi connectivity index (χ3n) is 5.45. The lowest BCUT2D eigenvalue weighted by Gasteiger charge is -2.29. The summed E-state index contributed by atoms with van der Waals surface area (Å²) in [6, 6.07) is 9.10. The van der Waals surface area contributed by atoms with Crippen LogP contribution in [0.15, 0.2) is 41.3 Å². The molecule has 0 aliphatic carbocycles. The molecular formula is C21H16N4O8S. The Kier molecular flexibility index (Phi) is 6.03. The molecule has 2 aromatic carbocycles. The number of fused-ring (bicyclic) bond motifs is 1. The van der Waals surface area contributed by atoms with Crippen molar-refractivity contribution in [3.63, 3.8) is 0 Å². The van der Waals surface area contributed by atoms with Crippen LogP contribution in [0.1, 0.15) is 16.7 Å². The standard InChI is InChI=1S/C21H16N4O8S/c26-18(22-6-5-12-3-1-2-4-13(12)10-22)11-23-20(28)17(34-21(23)29)8-14-7-15(24(30)31)9-16(19(14)27)25(32)33/h1-4,7-9,27H,5-6,10-11H2/b17-8-. The number of imide groups is 1. The number of hydrogen-bond acceptors (Lipinski definition) is 9. The van der Waals surface area contributed by atoms with E-state index in [0.29, 0.717) is 37.3 Å². The Morgan fingerprint density at radius 2 is 1.82 bits per heavy atom. The molecule has 1 saturated heterocycles. The number of carbonyl (C=O) groups is 3. The van der Waals surface area contributed by atoms with E-state index in [0.717, 1.165) is 28.2 Å². The van der Waals surface area contributed by atoms with Gasteiger partial charge in [0.15, 0.2) is 0 Å². The second kappa shape index (κ2) is 8.94. The SMILES string of the molecule is O=C(CN1C(=O)S/C(=C\c2cc([N+](=O)[O-])cc([N+](=O)[O-])c2O)C1=O)N1CCc2ccccc2C1. The fraction of sp³-hybridized carbons (Fsp3) is 0.190. The topological polar surface area (TPSA) is 164 Å². The summed E-state index contributed by atoms with van der Waals surface area (Å²) in [6.07, 6.45) is 1.61. The molecule has 4 rings (SSSR count). The molecule has 0 radical (unpaired) electrons. The van der Waals surface area contributed by atoms with Gasteiger partial charge in [-0.3, -0.25) is 39.5 Å². The zero-order valence-corrected chi connectivity index (χ0v) is 18.2. The Morgan fingerprint density at radius 1 is 1.12 bits per heavy atom. The van der Waals surface area contributed by atoms with Gasteiger partial charge in [-0.2, -0.15) is 0 Å². The Labute approximate surface area is 195 Å². The van der Waals surface area contributed by atoms with Crippen LogP contribution < -0.4 is 0 Å². The van der Waals surface area contributed by atoms with Crippen molar-refractivity contribution in [3.05, 3.63) is 78.2 Å². The number of hydrogen-bond donors (Lipinski definition) is 1. The first-order chi connectivity index (χ1) is 16.2. The van der Waals surface area contributed by atoms with E-state index < -0.39 is 50.6 Å². The Hall–Kier alpha value is -4.26. The van der Waals surface area contributed by atoms with Gasteiger partial charge < -0.3 is 10.0 Å². The number of nitro benzene ring substituents is 2. The maximum absolute atomic E-state index is 12.8. The summed E-state index contributed by atoms with van der Waals surface area (Å²) in [5.41, 5.74) is 0.159. The number of rotatable bonds is 5. The quantitative estimate of drug-likeness (QED) is 0.382. The minimum atomic E-state index is -0.999. The molecule has 1 fully saturated rings. The average Bonchev–Trinajstić information content (AvgIpc) is 3.06. The summed E-state index contributed by atoms with van der Waals surface area (Å²) in [5.74, 6) is -2.15. The van der Waals surface area contributed by atoms with Crippen molar-refractivity contribution < 1.29 is 29.3 Å². The lowest BCUT2D eigenvalue weighted by Crippen LogP contribution is -2.44. The van der Waals surface area contributed by atoms with Crippen molar-refractivity contribution in [3.8, 4) is 5.75 Å². The summed E-state index contributed by atoms with van der Waals surface area (Å²) in [6.45, 7) is 0.296. The largest absolute Gasteiger partial charge is 0.502 e. The number of nitro groups is 2. The molecule has 0 aromatic heterocycles. The van der Waals surface area contributed by atoms with Gasteiger partial charge in [-0.25, -0.2) is 0 Å². The van der Waals surface area contributed by atoms with Gasteiger partial charge in [0.2, 0.25) is 11.7 Å². The van der Waals surface area contributed by atoms with Crippen molar-refractivity contribution >= 4 is 46.3 Å². The average molecular weight is 484 g/mol. The number of phenolic OH excluding ortho intramolecular Hbond substituents is 1. The molecular weight excluding hydrogens is 468 g/mol. The van der Waals surface area contributed by atoms with Gasteiger partial charge in [-0.15, -0.1) is 0 Å². The highest BCUT2D eigenvalue weighted by Gasteiger charge is 2.38. The van der Waals surface area contributed by atoms with Gasteiger partial charge in [0, 0.05) is 24.7 Å². The first-order valence-electron chi connectivity index (χ1n) is 9.91. The van der Waals surface area contributed by atoms with Gasteiger partial charge in [0.1, 0.15) is 6.54 Å². The van der Waals surface area contributed by atoms with Gasteiger partial charge in [0.05, 0.1) is 20.8 Å². The first kappa shape index (κ1) is 22.9. The van der Waals surface area contributed by atoms with Crippen molar-refractivity contribution in [1.82, 2.24) is 9.80 Å². The van der Waals surface area contributed by atoms with E-state index in [-0.39, 0.29) is 10.5 Å². The molecule has 2 aromatic rings. The highest BCUT2D eigenvalue weighted by molar-refractivity contribution is 8.18. The van der Waals surface area contributed by atoms with Crippen molar-refractivity contribution in [2.45, 2.75) is 13.0 Å². The Morgan fingerprint density at radius 3 is 2.50 bits per heavy atom. The predicted molar refractivity (Wildman–Crippen MR) is 120 cm³/mol. The second-order valence-electron chi connectivity index (χ2n) is 7.52. The minimum absolute atomic E-state index is 0.230. The molecule has 2 heterocycles. The van der Waals surface area contributed by atoms with Gasteiger partial charge in [0.25, 0.3) is 16.8 Å². The summed E-state index contributed by atoms with van der Waals surface area (Å²) >= 11 is 0.468. The smallest absolute Gasteiger partial charge is 0.318 e. The minimum Gasteiger partial charge on any atom is -0.502 e. The summed E-state index contributed by atoms with van der Waals surface area (Å²) < 4.78 is 0. The zero-order chi connectivity index (χ0) is 24.6. The summed E-state index contributed by atoms with van der Waals surface area (Å²) in [4.78, 5) is 60.4. The maximum Gasteiger partial charge on any atom is 0.318 e. The van der Waals surface area contributed by atoms with Gasteiger partial charge in [-0.1, -0.05) is 24.3 Å². The van der Waals surface area contributed by atoms with Crippen molar-refractivity contribution in [2.75, 3.05) is 13.1 Å². The number of phenols is 1. The van der Waals surface area contributed by atoms with Crippen LogP contribution in [-0.2, 0) is 22.6 Å². The maximum atomic E-state index is 12.8. The van der Waals surface area contributed by atoms with E-state index in [9.17, 15) is 39.7 Å². The van der Waals surface area contributed by atoms with Crippen LogP contribution in [0.3, 0.4) is 0 Å². The highest BCUT2D eigenvalue weighted by Crippen LogP contribution is 2.39. The number of thioether (sulfide) groups is 1. The second-order valence-corrected chi connectivity index (χ2v) is 8.51. The number of carbonyl (C=O) groups excluding carboxylic acids is 3. The molecule has 3 amide bonds. The van der Waals surface area contributed by atoms with Crippen molar-refractivity contribution in [2.24, 2.45) is 0 Å². The lowest BCUT2D eigenvalue weighted by atomic mass is 10.00. The van der Waals surface area contributed by atoms with E-state index in [1.54, 1.807) is 4.90 Å². The van der Waals surface area contributed by atoms with E-state index >= 15 is 0 Å². The summed E-state index contributed by atoms with van der Waals surface area (Å²) in [5, 5.41) is 31.6. The number of nitrogens with zero attached hydrogens (tertiary/aromatic N) is 4. The van der Waals surface area contributed by atoms with Crippen LogP contribution in [-0.4, -0.2) is 54.9 Å². The predicted octanol–water partition coefficient (Wildman–Crippen LogP) is 2.83. The zero-order valence-electron chi connectivity index (χ0n) is 17.4. The first-order valence-corrected chi connectivity index (χ1v) is 10.7. The van der Waals surface area contributed by atoms with Crippen LogP contribution in [0.4, 0.5) is 16.2 Å². The molecule has 13 heteroatoms. The highest BCUT2D eigenvalue weighted by atomic mass is 32.2. The van der Waals surface area contributed by atoms with Crippen molar-refractivity contribution in [1.29, 1.82) is 0 Å². The third kappa shape index (κ3) is 4.32. The molecule has 174 valence electrons. The molecule has 0 saturated carbocycles. The van der Waals surface area contributed by atoms with E-state index in [4.69, 9.17) is 0 Å². The molecule has 2 aliphatic rings. The molecule has 0 spiro atoms. The fourth-order valence-electron chi connectivity index (χ4n) is 3.70. The third-order valence-corrected chi connectivity index (χ3v) is 6.36. The number of aromatic hydroxyl groups is 1. The Bertz CT molecular complexity index is 1290. The molecule has 0 bridgehead atoms. The van der Waals surface area contributed by atoms with Gasteiger partial charge in [-0.05, 0) is 35.4 Å². The number of non-ortho nitro benzene ring substituents is 1.